The fourth-order valence-electron chi connectivity index (χ4n) is 2.20. The number of piperazine rings is 1. The molecule has 1 aliphatic heterocycles. The van der Waals surface area contributed by atoms with E-state index in [1.165, 1.54) is 0 Å². The zero-order valence-electron chi connectivity index (χ0n) is 12.8. The maximum Gasteiger partial charge on any atom is 0.237 e. The van der Waals surface area contributed by atoms with Crippen molar-refractivity contribution in [1.29, 1.82) is 0 Å². The Bertz CT molecular complexity index is 332. The van der Waals surface area contributed by atoms with Crippen LogP contribution in [0.15, 0.2) is 0 Å². The first kappa shape index (κ1) is 16.0. The van der Waals surface area contributed by atoms with E-state index in [4.69, 9.17) is 0 Å². The van der Waals surface area contributed by atoms with Gasteiger partial charge in [0, 0.05) is 32.2 Å². The molecule has 0 spiro atoms. The van der Waals surface area contributed by atoms with Gasteiger partial charge in [-0.2, -0.15) is 0 Å². The van der Waals surface area contributed by atoms with Gasteiger partial charge in [-0.1, -0.05) is 6.92 Å². The summed E-state index contributed by atoms with van der Waals surface area (Å²) in [5.41, 5.74) is -0.987. The summed E-state index contributed by atoms with van der Waals surface area (Å²) in [6.07, 6.45) is 0. The second kappa shape index (κ2) is 6.37. The molecule has 0 aromatic carbocycles. The minimum atomic E-state index is -0.987. The highest BCUT2D eigenvalue weighted by Gasteiger charge is 2.39. The van der Waals surface area contributed by atoms with Crippen molar-refractivity contribution in [2.24, 2.45) is 5.41 Å². The predicted octanol–water partition coefficient (Wildman–Crippen LogP) is 0.701. The molecule has 5 heteroatoms. The van der Waals surface area contributed by atoms with Gasteiger partial charge < -0.3 is 15.1 Å². The average molecular weight is 269 g/mol. The van der Waals surface area contributed by atoms with Crippen LogP contribution in [0, 0.1) is 5.41 Å². The maximum absolute atomic E-state index is 12.5. The van der Waals surface area contributed by atoms with E-state index in [1.54, 1.807) is 13.8 Å². The molecule has 0 saturated carbocycles. The first-order valence-electron chi connectivity index (χ1n) is 7.11. The highest BCUT2D eigenvalue weighted by Crippen LogP contribution is 2.20. The van der Waals surface area contributed by atoms with Gasteiger partial charge in [-0.05, 0) is 34.2 Å². The smallest absolute Gasteiger partial charge is 0.237 e. The summed E-state index contributed by atoms with van der Waals surface area (Å²) in [6, 6.07) is 0.0523. The van der Waals surface area contributed by atoms with Crippen molar-refractivity contribution >= 4 is 11.8 Å². The van der Waals surface area contributed by atoms with Crippen LogP contribution in [0.3, 0.4) is 0 Å². The topological polar surface area (TPSA) is 52.7 Å². The Hall–Kier alpha value is -1.10. The SMILES string of the molecule is CCN1CCN(C(=O)C(C)(C)C(=O)NC(C)C)CC1. The molecule has 1 saturated heterocycles. The molecule has 1 heterocycles. The monoisotopic (exact) mass is 269 g/mol. The number of nitrogens with one attached hydrogen (secondary N) is 1. The molecule has 0 aromatic rings. The maximum atomic E-state index is 12.5. The molecule has 1 fully saturated rings. The Labute approximate surface area is 116 Å². The second-order valence-corrected chi connectivity index (χ2v) is 5.98. The molecule has 0 atom stereocenters. The van der Waals surface area contributed by atoms with Crippen LogP contribution < -0.4 is 5.32 Å². The Morgan fingerprint density at radius 2 is 1.68 bits per heavy atom. The fourth-order valence-corrected chi connectivity index (χ4v) is 2.20. The number of amides is 2. The van der Waals surface area contributed by atoms with Crippen LogP contribution in [-0.4, -0.2) is 60.4 Å². The zero-order valence-corrected chi connectivity index (χ0v) is 12.8. The molecule has 0 radical (unpaired) electrons. The third-order valence-corrected chi connectivity index (χ3v) is 3.63. The lowest BCUT2D eigenvalue weighted by molar-refractivity contribution is -0.150. The van der Waals surface area contributed by atoms with E-state index in [2.05, 4.69) is 17.1 Å². The van der Waals surface area contributed by atoms with E-state index in [1.807, 2.05) is 18.7 Å². The molecule has 0 aromatic heterocycles. The van der Waals surface area contributed by atoms with Crippen LogP contribution >= 0.6 is 0 Å². The van der Waals surface area contributed by atoms with E-state index >= 15 is 0 Å². The van der Waals surface area contributed by atoms with Gasteiger partial charge in [-0.15, -0.1) is 0 Å². The molecular weight excluding hydrogens is 242 g/mol. The molecule has 1 N–H and O–H groups in total. The first-order valence-corrected chi connectivity index (χ1v) is 7.11. The Morgan fingerprint density at radius 3 is 2.11 bits per heavy atom. The van der Waals surface area contributed by atoms with Crippen LogP contribution in [0.4, 0.5) is 0 Å². The largest absolute Gasteiger partial charge is 0.353 e. The van der Waals surface area contributed by atoms with Crippen LogP contribution in [0.25, 0.3) is 0 Å². The van der Waals surface area contributed by atoms with E-state index in [-0.39, 0.29) is 17.9 Å². The highest BCUT2D eigenvalue weighted by atomic mass is 16.2. The van der Waals surface area contributed by atoms with Crippen molar-refractivity contribution in [1.82, 2.24) is 15.1 Å². The summed E-state index contributed by atoms with van der Waals surface area (Å²) >= 11 is 0. The number of hydrogen-bond donors (Lipinski definition) is 1. The van der Waals surface area contributed by atoms with E-state index in [0.717, 1.165) is 19.6 Å². The number of hydrogen-bond acceptors (Lipinski definition) is 3. The van der Waals surface area contributed by atoms with Crippen molar-refractivity contribution < 1.29 is 9.59 Å². The average Bonchev–Trinajstić information content (AvgIpc) is 2.37. The van der Waals surface area contributed by atoms with E-state index in [9.17, 15) is 9.59 Å². The molecular formula is C14H27N3O2. The lowest BCUT2D eigenvalue weighted by Gasteiger charge is -2.37. The summed E-state index contributed by atoms with van der Waals surface area (Å²) in [5, 5.41) is 2.83. The zero-order chi connectivity index (χ0) is 14.6. The standard InChI is InChI=1S/C14H27N3O2/c1-6-16-7-9-17(10-8-16)13(19)14(4,5)12(18)15-11(2)3/h11H,6-10H2,1-5H3,(H,15,18). The van der Waals surface area contributed by atoms with Crippen molar-refractivity contribution in [3.8, 4) is 0 Å². The molecule has 0 bridgehead atoms. The van der Waals surface area contributed by atoms with Gasteiger partial charge in [-0.3, -0.25) is 9.59 Å². The number of carbonyl (C=O) groups excluding carboxylic acids is 2. The summed E-state index contributed by atoms with van der Waals surface area (Å²) in [6.45, 7) is 13.6. The van der Waals surface area contributed by atoms with Gasteiger partial charge in [0.05, 0.1) is 0 Å². The Balaban J connectivity index is 2.63. The fraction of sp³-hybridized carbons (Fsp3) is 0.857. The number of likely N-dealkylation sites (N-methyl/N-ethyl adjacent to an activating group) is 1. The number of nitrogens with zero attached hydrogens (tertiary/aromatic N) is 2. The minimum absolute atomic E-state index is 0.0523. The molecule has 1 aliphatic rings. The van der Waals surface area contributed by atoms with Gasteiger partial charge >= 0.3 is 0 Å². The summed E-state index contributed by atoms with van der Waals surface area (Å²) in [4.78, 5) is 28.7. The summed E-state index contributed by atoms with van der Waals surface area (Å²) < 4.78 is 0. The molecule has 110 valence electrons. The van der Waals surface area contributed by atoms with Gasteiger partial charge in [0.25, 0.3) is 0 Å². The molecule has 2 amide bonds. The van der Waals surface area contributed by atoms with Crippen molar-refractivity contribution in [2.75, 3.05) is 32.7 Å². The summed E-state index contributed by atoms with van der Waals surface area (Å²) in [7, 11) is 0. The van der Waals surface area contributed by atoms with Crippen LogP contribution in [-0.2, 0) is 9.59 Å². The van der Waals surface area contributed by atoms with E-state index < -0.39 is 5.41 Å². The van der Waals surface area contributed by atoms with E-state index in [0.29, 0.717) is 13.1 Å². The quantitative estimate of drug-likeness (QED) is 0.765. The Kier molecular flexibility index (Phi) is 5.35. The Morgan fingerprint density at radius 1 is 1.16 bits per heavy atom. The summed E-state index contributed by atoms with van der Waals surface area (Å²) in [5.74, 6) is -0.258. The normalized spacial score (nSPS) is 17.7. The third-order valence-electron chi connectivity index (χ3n) is 3.63. The molecule has 0 unspecified atom stereocenters. The second-order valence-electron chi connectivity index (χ2n) is 5.98. The van der Waals surface area contributed by atoms with Crippen LogP contribution in [0.1, 0.15) is 34.6 Å². The first-order chi connectivity index (χ1) is 8.78. The van der Waals surface area contributed by atoms with Gasteiger partial charge in [0.2, 0.25) is 11.8 Å². The van der Waals surface area contributed by atoms with Crippen LogP contribution in [0.2, 0.25) is 0 Å². The van der Waals surface area contributed by atoms with Crippen LogP contribution in [0.5, 0.6) is 0 Å². The van der Waals surface area contributed by atoms with Gasteiger partial charge in [-0.25, -0.2) is 0 Å². The van der Waals surface area contributed by atoms with Crippen molar-refractivity contribution in [3.05, 3.63) is 0 Å². The van der Waals surface area contributed by atoms with Crippen molar-refractivity contribution in [2.45, 2.75) is 40.7 Å². The molecule has 19 heavy (non-hydrogen) atoms. The lowest BCUT2D eigenvalue weighted by Crippen LogP contribution is -2.55. The predicted molar refractivity (Wildman–Crippen MR) is 75.8 cm³/mol. The lowest BCUT2D eigenvalue weighted by atomic mass is 9.89. The van der Waals surface area contributed by atoms with Crippen molar-refractivity contribution in [3.63, 3.8) is 0 Å². The molecule has 1 rings (SSSR count). The highest BCUT2D eigenvalue weighted by molar-refractivity contribution is 6.04. The minimum Gasteiger partial charge on any atom is -0.353 e. The van der Waals surface area contributed by atoms with Gasteiger partial charge in [0.1, 0.15) is 5.41 Å². The molecule has 0 aliphatic carbocycles. The third kappa shape index (κ3) is 3.93. The van der Waals surface area contributed by atoms with Gasteiger partial charge in [0.15, 0.2) is 0 Å². The number of rotatable bonds is 4. The molecule has 5 nitrogen and oxygen atoms in total. The number of carbonyl (C=O) groups is 2.